The number of hydrogen-bond donors (Lipinski definition) is 0. The maximum atomic E-state index is 13.9. The van der Waals surface area contributed by atoms with Crippen molar-refractivity contribution in [1.82, 2.24) is 0 Å². The molecule has 7 rings (SSSR count). The Hall–Kier alpha value is -4.94. The van der Waals surface area contributed by atoms with E-state index in [4.69, 9.17) is 10.2 Å². The predicted octanol–water partition coefficient (Wildman–Crippen LogP) is 8.08. The van der Waals surface area contributed by atoms with Crippen molar-refractivity contribution in [3.63, 3.8) is 0 Å². The molecule has 5 aromatic carbocycles. The fourth-order valence-corrected chi connectivity index (χ4v) is 6.84. The summed E-state index contributed by atoms with van der Waals surface area (Å²) in [6.07, 6.45) is 0.973. The molecule has 2 aliphatic heterocycles. The third kappa shape index (κ3) is 4.32. The largest absolute Gasteiger partial charge is 0.286 e. The first-order chi connectivity index (χ1) is 20.7. The summed E-state index contributed by atoms with van der Waals surface area (Å²) in [7, 11) is 0. The number of benzene rings is 5. The van der Waals surface area contributed by atoms with E-state index in [1.54, 1.807) is 0 Å². The summed E-state index contributed by atoms with van der Waals surface area (Å²) in [4.78, 5) is 12.9. The number of fused-ring (bicyclic) bond motifs is 2. The summed E-state index contributed by atoms with van der Waals surface area (Å²) in [5.41, 5.74) is 7.56. The molecule has 0 N–H and O–H groups in total. The molecule has 2 heterocycles. The van der Waals surface area contributed by atoms with E-state index >= 15 is 0 Å². The molecule has 0 bridgehead atoms. The molecule has 0 amide bonds. The van der Waals surface area contributed by atoms with Gasteiger partial charge in [-0.2, -0.15) is 10.2 Å². The zero-order valence-electron chi connectivity index (χ0n) is 23.1. The lowest BCUT2D eigenvalue weighted by Crippen LogP contribution is -2.54. The number of Topliss-reactive ketones (excluding diaryl/α,β-unsaturated/α-hetero) is 1. The lowest BCUT2D eigenvalue weighted by atomic mass is 9.92. The molecule has 0 fully saturated rings. The summed E-state index contributed by atoms with van der Waals surface area (Å²) in [5.74, 6) is -0.117. The zero-order valence-corrected chi connectivity index (χ0v) is 23.9. The van der Waals surface area contributed by atoms with Gasteiger partial charge in [-0.1, -0.05) is 122 Å². The molecule has 0 saturated carbocycles. The third-order valence-electron chi connectivity index (χ3n) is 7.60. The van der Waals surface area contributed by atoms with Gasteiger partial charge in [0.05, 0.1) is 17.1 Å². The van der Waals surface area contributed by atoms with E-state index in [9.17, 15) is 4.79 Å². The summed E-state index contributed by atoms with van der Waals surface area (Å²) in [6.45, 7) is 2.16. The Morgan fingerprint density at radius 3 is 1.83 bits per heavy atom. The number of anilines is 2. The lowest BCUT2D eigenvalue weighted by molar-refractivity contribution is 0.106. The SMILES string of the molecule is CCc1ccc(C2=NN(c3ccccc3)C3(SC(C(=O)c4ccccc4)=NN3c3ccccc3)c3ccccc32)cc1. The fourth-order valence-electron chi connectivity index (χ4n) is 5.49. The second-order valence-corrected chi connectivity index (χ2v) is 11.3. The van der Waals surface area contributed by atoms with Crippen LogP contribution in [-0.4, -0.2) is 16.5 Å². The van der Waals surface area contributed by atoms with Crippen LogP contribution < -0.4 is 10.0 Å². The van der Waals surface area contributed by atoms with Gasteiger partial charge in [0.1, 0.15) is 0 Å². The van der Waals surface area contributed by atoms with Crippen LogP contribution in [0.15, 0.2) is 150 Å². The predicted molar refractivity (Wildman–Crippen MR) is 173 cm³/mol. The first-order valence-corrected chi connectivity index (χ1v) is 14.9. The van der Waals surface area contributed by atoms with Crippen molar-refractivity contribution >= 4 is 39.7 Å². The van der Waals surface area contributed by atoms with Gasteiger partial charge in [-0.15, -0.1) is 0 Å². The molecule has 6 heteroatoms. The maximum Gasteiger partial charge on any atom is 0.234 e. The van der Waals surface area contributed by atoms with Crippen LogP contribution in [0, 0.1) is 0 Å². The molecule has 2 aliphatic rings. The smallest absolute Gasteiger partial charge is 0.234 e. The van der Waals surface area contributed by atoms with Gasteiger partial charge in [-0.3, -0.25) is 4.79 Å². The molecule has 204 valence electrons. The van der Waals surface area contributed by atoms with Gasteiger partial charge in [0.2, 0.25) is 10.8 Å². The van der Waals surface area contributed by atoms with Crippen molar-refractivity contribution in [2.45, 2.75) is 18.3 Å². The number of para-hydroxylation sites is 2. The number of nitrogens with zero attached hydrogens (tertiary/aromatic N) is 4. The van der Waals surface area contributed by atoms with E-state index in [-0.39, 0.29) is 5.78 Å². The Balaban J connectivity index is 1.48. The van der Waals surface area contributed by atoms with Crippen molar-refractivity contribution in [3.05, 3.63) is 167 Å². The Labute approximate surface area is 249 Å². The molecular formula is C36H28N4OS. The van der Waals surface area contributed by atoms with E-state index in [1.807, 2.05) is 101 Å². The zero-order chi connectivity index (χ0) is 28.5. The molecule has 1 atom stereocenters. The van der Waals surface area contributed by atoms with Gasteiger partial charge >= 0.3 is 0 Å². The minimum Gasteiger partial charge on any atom is -0.286 e. The van der Waals surface area contributed by atoms with Crippen LogP contribution >= 0.6 is 11.8 Å². The van der Waals surface area contributed by atoms with E-state index in [0.717, 1.165) is 40.2 Å². The second kappa shape index (κ2) is 10.8. The standard InChI is InChI=1S/C36H28N4OS/c1-2-26-22-24-27(25-23-26)33-31-20-12-13-21-32(31)36(39(37-33)29-16-8-4-9-17-29)40(30-18-10-5-11-19-30)38-35(42-36)34(41)28-14-6-3-7-15-28/h3-25H,2H2,1H3. The highest BCUT2D eigenvalue weighted by Crippen LogP contribution is 2.55. The number of aryl methyl sites for hydroxylation is 1. The number of ketones is 1. The van der Waals surface area contributed by atoms with E-state index in [1.165, 1.54) is 17.3 Å². The number of carbonyl (C=O) groups is 1. The van der Waals surface area contributed by atoms with Crippen molar-refractivity contribution < 1.29 is 4.79 Å². The van der Waals surface area contributed by atoms with Crippen molar-refractivity contribution in [2.24, 2.45) is 10.2 Å². The Morgan fingerprint density at radius 1 is 0.667 bits per heavy atom. The Kier molecular flexibility index (Phi) is 6.68. The second-order valence-electron chi connectivity index (χ2n) is 10.1. The van der Waals surface area contributed by atoms with Crippen molar-refractivity contribution in [3.8, 4) is 0 Å². The molecule has 0 radical (unpaired) electrons. The number of thioether (sulfide) groups is 1. The van der Waals surface area contributed by atoms with Crippen LogP contribution in [0.1, 0.15) is 39.5 Å². The Morgan fingerprint density at radius 2 is 1.21 bits per heavy atom. The van der Waals surface area contributed by atoms with E-state index in [2.05, 4.69) is 55.5 Å². The van der Waals surface area contributed by atoms with Gasteiger partial charge in [0.25, 0.3) is 0 Å². The molecule has 0 aromatic heterocycles. The van der Waals surface area contributed by atoms with Gasteiger partial charge in [-0.25, -0.2) is 10.0 Å². The van der Waals surface area contributed by atoms with Crippen LogP contribution in [0.2, 0.25) is 0 Å². The minimum atomic E-state index is -0.994. The topological polar surface area (TPSA) is 48.3 Å². The van der Waals surface area contributed by atoms with Crippen LogP contribution in [0.4, 0.5) is 11.4 Å². The number of hydrogen-bond acceptors (Lipinski definition) is 6. The molecule has 42 heavy (non-hydrogen) atoms. The van der Waals surface area contributed by atoms with E-state index < -0.39 is 4.99 Å². The average Bonchev–Trinajstić information content (AvgIpc) is 3.47. The third-order valence-corrected chi connectivity index (χ3v) is 8.92. The van der Waals surface area contributed by atoms with Crippen molar-refractivity contribution in [1.29, 1.82) is 0 Å². The highest BCUT2D eigenvalue weighted by molar-refractivity contribution is 8.17. The van der Waals surface area contributed by atoms with Gasteiger partial charge in [0.15, 0.2) is 5.04 Å². The summed E-state index contributed by atoms with van der Waals surface area (Å²) < 4.78 is 0. The Bertz CT molecular complexity index is 1800. The number of rotatable bonds is 6. The normalized spacial score (nSPS) is 17.5. The van der Waals surface area contributed by atoms with Gasteiger partial charge in [-0.05, 0) is 48.0 Å². The fraction of sp³-hybridized carbons (Fsp3) is 0.0833. The molecule has 5 aromatic rings. The van der Waals surface area contributed by atoms with Crippen LogP contribution in [0.25, 0.3) is 0 Å². The molecule has 5 nitrogen and oxygen atoms in total. The average molecular weight is 565 g/mol. The molecule has 1 spiro atoms. The van der Waals surface area contributed by atoms with E-state index in [0.29, 0.717) is 10.6 Å². The molecule has 1 unspecified atom stereocenters. The lowest BCUT2D eigenvalue weighted by Gasteiger charge is -2.47. The molecule has 0 aliphatic carbocycles. The monoisotopic (exact) mass is 564 g/mol. The first kappa shape index (κ1) is 26.0. The molecular weight excluding hydrogens is 536 g/mol. The van der Waals surface area contributed by atoms with Gasteiger partial charge < -0.3 is 0 Å². The molecule has 0 saturated heterocycles. The maximum absolute atomic E-state index is 13.9. The quantitative estimate of drug-likeness (QED) is 0.196. The number of hydrazone groups is 2. The first-order valence-electron chi connectivity index (χ1n) is 14.0. The summed E-state index contributed by atoms with van der Waals surface area (Å²) >= 11 is 1.43. The highest BCUT2D eigenvalue weighted by atomic mass is 32.2. The highest BCUT2D eigenvalue weighted by Gasteiger charge is 2.56. The van der Waals surface area contributed by atoms with Crippen LogP contribution in [0.3, 0.4) is 0 Å². The minimum absolute atomic E-state index is 0.117. The summed E-state index contributed by atoms with van der Waals surface area (Å²) in [6, 6.07) is 46.5. The van der Waals surface area contributed by atoms with Crippen LogP contribution in [0.5, 0.6) is 0 Å². The van der Waals surface area contributed by atoms with Crippen LogP contribution in [-0.2, 0) is 11.4 Å². The van der Waals surface area contributed by atoms with Crippen molar-refractivity contribution in [2.75, 3.05) is 10.0 Å². The summed E-state index contributed by atoms with van der Waals surface area (Å²) in [5, 5.41) is 14.9. The number of carbonyl (C=O) groups excluding carboxylic acids is 1. The van der Waals surface area contributed by atoms with Gasteiger partial charge in [0, 0.05) is 22.3 Å².